The number of hydrogen-bond acceptors (Lipinski definition) is 1. The predicted molar refractivity (Wildman–Crippen MR) is 30.3 cm³/mol. The summed E-state index contributed by atoms with van der Waals surface area (Å²) in [5.74, 6) is 0. The van der Waals surface area contributed by atoms with Gasteiger partial charge >= 0.3 is 9.04 Å². The fourth-order valence-electron chi connectivity index (χ4n) is 0.101. The van der Waals surface area contributed by atoms with Crippen molar-refractivity contribution in [1.82, 2.24) is 0 Å². The van der Waals surface area contributed by atoms with Crippen LogP contribution in [-0.2, 0) is 4.12 Å². The third kappa shape index (κ3) is 2.24. The Bertz CT molecular complexity index is 105. The summed E-state index contributed by atoms with van der Waals surface area (Å²) >= 11 is 0. The maximum absolute atomic E-state index is 4.89. The van der Waals surface area contributed by atoms with Crippen molar-refractivity contribution in [2.45, 2.75) is 0 Å². The van der Waals surface area contributed by atoms with Crippen LogP contribution in [0, 0.1) is 23.9 Å². The summed E-state index contributed by atoms with van der Waals surface area (Å²) in [6.45, 7) is 0. The fraction of sp³-hybridized carbons (Fsp3) is 0. The standard InChI is InChI=1S/C4H2OSi2/c1-3-7(4-2)5-6/h1-2H. The van der Waals surface area contributed by atoms with Gasteiger partial charge in [0.25, 0.3) is 0 Å². The largest absolute Gasteiger partial charge is 0.438 e. The first-order valence-corrected chi connectivity index (χ1v) is 3.30. The zero-order valence-corrected chi connectivity index (χ0v) is 5.56. The molecule has 0 aliphatic heterocycles. The molecule has 0 aromatic carbocycles. The normalized spacial score (nSPS) is 7.43. The van der Waals surface area contributed by atoms with Crippen LogP contribution in [0.15, 0.2) is 0 Å². The highest BCUT2D eigenvalue weighted by Gasteiger charge is 1.98. The van der Waals surface area contributed by atoms with Crippen molar-refractivity contribution in [3.05, 3.63) is 0 Å². The predicted octanol–water partition coefficient (Wildman–Crippen LogP) is -0.577. The quantitative estimate of drug-likeness (QED) is 0.334. The molecule has 0 rings (SSSR count). The monoisotopic (exact) mass is 122 g/mol. The number of hydrogen-bond donors (Lipinski definition) is 0. The van der Waals surface area contributed by atoms with Crippen LogP contribution < -0.4 is 0 Å². The topological polar surface area (TPSA) is 9.23 Å². The van der Waals surface area contributed by atoms with Crippen LogP contribution in [0.5, 0.6) is 0 Å². The zero-order chi connectivity index (χ0) is 5.70. The van der Waals surface area contributed by atoms with Gasteiger partial charge in [-0.05, 0) is 0 Å². The number of terminal acetylenes is 2. The minimum absolute atomic E-state index is 1.39. The van der Waals surface area contributed by atoms with Gasteiger partial charge in [0.1, 0.15) is 0 Å². The molecule has 32 valence electrons. The van der Waals surface area contributed by atoms with Gasteiger partial charge in [-0.25, -0.2) is 0 Å². The number of rotatable bonds is 1. The van der Waals surface area contributed by atoms with Crippen LogP contribution >= 0.6 is 0 Å². The molecule has 0 heterocycles. The first-order chi connectivity index (χ1) is 3.35. The average Bonchev–Trinajstić information content (AvgIpc) is 1.72. The van der Waals surface area contributed by atoms with Crippen LogP contribution in [0.2, 0.25) is 0 Å². The molecule has 0 bridgehead atoms. The van der Waals surface area contributed by atoms with E-state index in [9.17, 15) is 0 Å². The highest BCUT2D eigenvalue weighted by Crippen LogP contribution is 1.71. The maximum atomic E-state index is 4.89. The minimum Gasteiger partial charge on any atom is -0.438 e. The van der Waals surface area contributed by atoms with E-state index in [-0.39, 0.29) is 0 Å². The van der Waals surface area contributed by atoms with E-state index >= 15 is 0 Å². The second kappa shape index (κ2) is 3.70. The summed E-state index contributed by atoms with van der Waals surface area (Å²) in [4.78, 5) is 0. The second-order valence-corrected chi connectivity index (χ2v) is 2.77. The van der Waals surface area contributed by atoms with Crippen LogP contribution in [0.3, 0.4) is 0 Å². The third-order valence-corrected chi connectivity index (χ3v) is 1.71. The van der Waals surface area contributed by atoms with E-state index in [1.165, 1.54) is 0 Å². The molecule has 0 saturated carbocycles. The van der Waals surface area contributed by atoms with E-state index in [2.05, 4.69) is 25.7 Å². The lowest BCUT2D eigenvalue weighted by molar-refractivity contribution is 0.664. The van der Waals surface area contributed by atoms with E-state index < -0.39 is 9.04 Å². The first kappa shape index (κ1) is 6.51. The van der Waals surface area contributed by atoms with E-state index in [1.807, 2.05) is 0 Å². The Morgan fingerprint density at radius 2 is 1.86 bits per heavy atom. The maximum Gasteiger partial charge on any atom is 0.384 e. The molecular formula is C4H2OSi2. The van der Waals surface area contributed by atoms with Crippen LogP contribution in [0.4, 0.5) is 0 Å². The average molecular weight is 122 g/mol. The lowest BCUT2D eigenvalue weighted by Crippen LogP contribution is -2.10. The van der Waals surface area contributed by atoms with E-state index in [0.29, 0.717) is 0 Å². The van der Waals surface area contributed by atoms with Crippen LogP contribution in [0.25, 0.3) is 0 Å². The molecule has 0 fully saturated rings. The van der Waals surface area contributed by atoms with Gasteiger partial charge < -0.3 is 4.12 Å². The van der Waals surface area contributed by atoms with Crippen LogP contribution in [-0.4, -0.2) is 19.5 Å². The van der Waals surface area contributed by atoms with Gasteiger partial charge in [-0.15, -0.1) is 12.8 Å². The van der Waals surface area contributed by atoms with Crippen molar-refractivity contribution in [1.29, 1.82) is 0 Å². The molecular weight excluding hydrogens is 120 g/mol. The summed E-state index contributed by atoms with van der Waals surface area (Å²) in [5, 5.41) is 0. The molecule has 0 aromatic rings. The lowest BCUT2D eigenvalue weighted by Gasteiger charge is -1.88. The highest BCUT2D eigenvalue weighted by atomic mass is 28.3. The van der Waals surface area contributed by atoms with E-state index in [4.69, 9.17) is 12.8 Å². The Kier molecular flexibility index (Phi) is 3.44. The van der Waals surface area contributed by atoms with Gasteiger partial charge in [-0.2, -0.15) is 0 Å². The smallest absolute Gasteiger partial charge is 0.384 e. The summed E-state index contributed by atoms with van der Waals surface area (Å²) in [5.41, 5.74) is 4.59. The summed E-state index contributed by atoms with van der Waals surface area (Å²) in [6, 6.07) is 0. The minimum atomic E-state index is -1.39. The van der Waals surface area contributed by atoms with Crippen molar-refractivity contribution in [3.63, 3.8) is 0 Å². The molecule has 3 heteroatoms. The molecule has 0 aliphatic carbocycles. The summed E-state index contributed by atoms with van der Waals surface area (Å²) in [6.07, 6.45) is 9.78. The molecule has 0 unspecified atom stereocenters. The van der Waals surface area contributed by atoms with E-state index in [1.54, 1.807) is 0 Å². The van der Waals surface area contributed by atoms with Crippen molar-refractivity contribution in [2.24, 2.45) is 0 Å². The van der Waals surface area contributed by atoms with Crippen molar-refractivity contribution in [2.75, 3.05) is 0 Å². The van der Waals surface area contributed by atoms with Crippen molar-refractivity contribution >= 4 is 19.5 Å². The van der Waals surface area contributed by atoms with Crippen molar-refractivity contribution in [3.8, 4) is 23.9 Å². The Morgan fingerprint density at radius 3 is 1.86 bits per heavy atom. The van der Waals surface area contributed by atoms with Gasteiger partial charge in [0.2, 0.25) is 10.5 Å². The molecule has 0 spiro atoms. The summed E-state index contributed by atoms with van der Waals surface area (Å²) < 4.78 is 4.48. The molecule has 0 atom stereocenters. The molecule has 0 aliphatic rings. The molecule has 7 heavy (non-hydrogen) atoms. The Hall–Kier alpha value is -0.486. The second-order valence-electron chi connectivity index (χ2n) is 0.720. The van der Waals surface area contributed by atoms with Gasteiger partial charge in [0.15, 0.2) is 0 Å². The molecule has 4 radical (unpaired) electrons. The third-order valence-electron chi connectivity index (χ3n) is 0.364. The Morgan fingerprint density at radius 1 is 1.43 bits per heavy atom. The van der Waals surface area contributed by atoms with E-state index in [0.717, 1.165) is 0 Å². The van der Waals surface area contributed by atoms with Gasteiger partial charge in [-0.3, -0.25) is 0 Å². The molecule has 0 aromatic heterocycles. The van der Waals surface area contributed by atoms with Gasteiger partial charge in [0, 0.05) is 0 Å². The SMILES string of the molecule is C#C[Si](C#C)O[Si]. The van der Waals surface area contributed by atoms with Crippen LogP contribution in [0.1, 0.15) is 0 Å². The molecule has 0 amide bonds. The van der Waals surface area contributed by atoms with Crippen molar-refractivity contribution < 1.29 is 4.12 Å². The van der Waals surface area contributed by atoms with Gasteiger partial charge in [-0.1, -0.05) is 11.1 Å². The summed E-state index contributed by atoms with van der Waals surface area (Å²) in [7, 11) is 1.35. The molecule has 0 saturated heterocycles. The lowest BCUT2D eigenvalue weighted by atomic mass is 11.4. The Labute approximate surface area is 48.3 Å². The zero-order valence-electron chi connectivity index (χ0n) is 3.56. The first-order valence-electron chi connectivity index (χ1n) is 1.49. The fourth-order valence-corrected chi connectivity index (χ4v) is 0.655. The Balaban J connectivity index is 3.50. The molecule has 0 N–H and O–H groups in total. The van der Waals surface area contributed by atoms with Gasteiger partial charge in [0.05, 0.1) is 0 Å². The molecule has 1 nitrogen and oxygen atoms in total. The highest BCUT2D eigenvalue weighted by molar-refractivity contribution is 6.71.